The lowest BCUT2D eigenvalue weighted by Crippen LogP contribution is -2.28. The highest BCUT2D eigenvalue weighted by Crippen LogP contribution is 2.24. The maximum absolute atomic E-state index is 14.1. The van der Waals surface area contributed by atoms with Crippen LogP contribution in [0.3, 0.4) is 0 Å². The third-order valence-corrected chi connectivity index (χ3v) is 5.19. The molecule has 0 aliphatic rings. The van der Waals surface area contributed by atoms with Gasteiger partial charge in [-0.15, -0.1) is 0 Å². The van der Waals surface area contributed by atoms with Crippen molar-refractivity contribution < 1.29 is 23.5 Å². The Morgan fingerprint density at radius 2 is 1.90 bits per heavy atom. The summed E-state index contributed by atoms with van der Waals surface area (Å²) < 4.78 is 24.5. The van der Waals surface area contributed by atoms with Gasteiger partial charge in [0.25, 0.3) is 0 Å². The molecule has 0 spiro atoms. The number of hydrogen-bond donors (Lipinski definition) is 0. The molecule has 0 saturated heterocycles. The lowest BCUT2D eigenvalue weighted by Gasteiger charge is -2.17. The lowest BCUT2D eigenvalue weighted by molar-refractivity contribution is -0.152. The minimum atomic E-state index is -0.869. The molecular weight excluding hydrogens is 383 g/mol. The Bertz CT molecular complexity index is 875. The van der Waals surface area contributed by atoms with E-state index in [1.54, 1.807) is 6.07 Å². The topological polar surface area (TPSA) is 52.6 Å². The average molecular weight is 415 g/mol. The van der Waals surface area contributed by atoms with Crippen molar-refractivity contribution in [3.63, 3.8) is 0 Å². The van der Waals surface area contributed by atoms with Gasteiger partial charge in [-0.3, -0.25) is 9.59 Å². The Morgan fingerprint density at radius 3 is 2.57 bits per heavy atom. The van der Waals surface area contributed by atoms with Crippen LogP contribution < -0.4 is 4.74 Å². The normalized spacial score (nSPS) is 11.8. The summed E-state index contributed by atoms with van der Waals surface area (Å²) in [5.41, 5.74) is 3.55. The van der Waals surface area contributed by atoms with Gasteiger partial charge < -0.3 is 9.47 Å². The molecule has 0 aromatic heterocycles. The fourth-order valence-corrected chi connectivity index (χ4v) is 3.40. The van der Waals surface area contributed by atoms with Crippen molar-refractivity contribution in [1.82, 2.24) is 0 Å². The molecule has 0 N–H and O–H groups in total. The van der Waals surface area contributed by atoms with E-state index in [9.17, 15) is 14.0 Å². The first-order chi connectivity index (χ1) is 14.3. The standard InChI is InChI=1S/C25H31FO4/c1-5-6-12-30-25(28)21(23(27)15-19-9-7-8-17(2)13-19)11-10-20-16-22(26)24(29-4)14-18(20)3/h7-9,13-14,16,21H,5-6,10-12,15H2,1-4H3. The molecule has 2 rings (SSSR count). The molecule has 0 saturated carbocycles. The Hall–Kier alpha value is -2.69. The van der Waals surface area contributed by atoms with Crippen LogP contribution in [0.25, 0.3) is 0 Å². The Balaban J connectivity index is 2.15. The number of halogens is 1. The van der Waals surface area contributed by atoms with Crippen LogP contribution in [0.15, 0.2) is 36.4 Å². The van der Waals surface area contributed by atoms with Crippen LogP contribution in [-0.4, -0.2) is 25.5 Å². The van der Waals surface area contributed by atoms with E-state index in [0.29, 0.717) is 13.0 Å². The quantitative estimate of drug-likeness (QED) is 0.290. The van der Waals surface area contributed by atoms with Crippen LogP contribution in [0.1, 0.15) is 48.4 Å². The number of methoxy groups -OCH3 is 1. The average Bonchev–Trinajstić information content (AvgIpc) is 2.70. The van der Waals surface area contributed by atoms with Crippen LogP contribution in [-0.2, 0) is 27.2 Å². The fraction of sp³-hybridized carbons (Fsp3) is 0.440. The van der Waals surface area contributed by atoms with E-state index in [2.05, 4.69) is 0 Å². The number of Topliss-reactive ketones (excluding diaryl/α,β-unsaturated/α-hetero) is 1. The minimum Gasteiger partial charge on any atom is -0.494 e. The van der Waals surface area contributed by atoms with E-state index in [0.717, 1.165) is 35.1 Å². The summed E-state index contributed by atoms with van der Waals surface area (Å²) in [4.78, 5) is 25.6. The van der Waals surface area contributed by atoms with Crippen molar-refractivity contribution >= 4 is 11.8 Å². The molecule has 0 aliphatic carbocycles. The van der Waals surface area contributed by atoms with Gasteiger partial charge >= 0.3 is 5.97 Å². The summed E-state index contributed by atoms with van der Waals surface area (Å²) in [6, 6.07) is 10.7. The number of aryl methyl sites for hydroxylation is 3. The first kappa shape index (κ1) is 23.6. The van der Waals surface area contributed by atoms with Crippen molar-refractivity contribution in [3.05, 3.63) is 64.5 Å². The number of ether oxygens (including phenoxy) is 2. The molecule has 0 aliphatic heterocycles. The Labute approximate surface area is 178 Å². The summed E-state index contributed by atoms with van der Waals surface area (Å²) in [7, 11) is 1.42. The number of unbranched alkanes of at least 4 members (excludes halogenated alkanes) is 1. The van der Waals surface area contributed by atoms with Crippen LogP contribution in [0.2, 0.25) is 0 Å². The minimum absolute atomic E-state index is 0.172. The van der Waals surface area contributed by atoms with Crippen LogP contribution in [0, 0.1) is 25.6 Å². The van der Waals surface area contributed by atoms with E-state index in [-0.39, 0.29) is 24.4 Å². The van der Waals surface area contributed by atoms with Gasteiger partial charge in [-0.2, -0.15) is 0 Å². The summed E-state index contributed by atoms with van der Waals surface area (Å²) >= 11 is 0. The van der Waals surface area contributed by atoms with E-state index >= 15 is 0 Å². The SMILES string of the molecule is CCCCOC(=O)C(CCc1cc(F)c(OC)cc1C)C(=O)Cc1cccc(C)c1. The largest absolute Gasteiger partial charge is 0.494 e. The van der Waals surface area contributed by atoms with Gasteiger partial charge in [0.1, 0.15) is 5.92 Å². The van der Waals surface area contributed by atoms with Crippen molar-refractivity contribution in [3.8, 4) is 5.75 Å². The predicted molar refractivity (Wildman–Crippen MR) is 115 cm³/mol. The third kappa shape index (κ3) is 6.68. The number of rotatable bonds is 11. The fourth-order valence-electron chi connectivity index (χ4n) is 3.40. The van der Waals surface area contributed by atoms with Gasteiger partial charge in [-0.25, -0.2) is 4.39 Å². The van der Waals surface area contributed by atoms with Crippen molar-refractivity contribution in [1.29, 1.82) is 0 Å². The summed E-state index contributed by atoms with van der Waals surface area (Å²) in [5.74, 6) is -1.80. The summed E-state index contributed by atoms with van der Waals surface area (Å²) in [6.07, 6.45) is 2.51. The van der Waals surface area contributed by atoms with Gasteiger partial charge in [0, 0.05) is 6.42 Å². The number of hydrogen-bond acceptors (Lipinski definition) is 4. The molecule has 5 heteroatoms. The number of carbonyl (C=O) groups is 2. The van der Waals surface area contributed by atoms with E-state index in [4.69, 9.17) is 9.47 Å². The molecule has 0 bridgehead atoms. The zero-order chi connectivity index (χ0) is 22.1. The molecule has 0 amide bonds. The van der Waals surface area contributed by atoms with Crippen LogP contribution >= 0.6 is 0 Å². The van der Waals surface area contributed by atoms with Crippen molar-refractivity contribution in [2.24, 2.45) is 5.92 Å². The van der Waals surface area contributed by atoms with Crippen LogP contribution in [0.4, 0.5) is 4.39 Å². The second-order valence-electron chi connectivity index (χ2n) is 7.66. The Kier molecular flexibility index (Phi) is 9.03. The smallest absolute Gasteiger partial charge is 0.316 e. The molecule has 162 valence electrons. The van der Waals surface area contributed by atoms with Crippen molar-refractivity contribution in [2.45, 2.75) is 52.9 Å². The first-order valence-corrected chi connectivity index (χ1v) is 10.4. The van der Waals surface area contributed by atoms with Gasteiger partial charge in [0.05, 0.1) is 13.7 Å². The number of benzene rings is 2. The predicted octanol–water partition coefficient (Wildman–Crippen LogP) is 5.16. The monoisotopic (exact) mass is 414 g/mol. The Morgan fingerprint density at radius 1 is 1.13 bits per heavy atom. The second kappa shape index (κ2) is 11.5. The van der Waals surface area contributed by atoms with Gasteiger partial charge in [-0.05, 0) is 61.9 Å². The second-order valence-corrected chi connectivity index (χ2v) is 7.66. The number of ketones is 1. The van der Waals surface area contributed by atoms with Crippen molar-refractivity contribution in [2.75, 3.05) is 13.7 Å². The zero-order valence-corrected chi connectivity index (χ0v) is 18.3. The molecule has 2 aromatic carbocycles. The van der Waals surface area contributed by atoms with Gasteiger partial charge in [0.2, 0.25) is 0 Å². The summed E-state index contributed by atoms with van der Waals surface area (Å²) in [5, 5.41) is 0. The van der Waals surface area contributed by atoms with E-state index < -0.39 is 17.7 Å². The first-order valence-electron chi connectivity index (χ1n) is 10.4. The van der Waals surface area contributed by atoms with E-state index in [1.165, 1.54) is 13.2 Å². The maximum Gasteiger partial charge on any atom is 0.316 e. The van der Waals surface area contributed by atoms with Gasteiger partial charge in [-0.1, -0.05) is 43.2 Å². The third-order valence-electron chi connectivity index (χ3n) is 5.19. The molecule has 1 unspecified atom stereocenters. The highest BCUT2D eigenvalue weighted by Gasteiger charge is 2.28. The molecule has 2 aromatic rings. The molecular formula is C25H31FO4. The maximum atomic E-state index is 14.1. The molecule has 30 heavy (non-hydrogen) atoms. The van der Waals surface area contributed by atoms with Gasteiger partial charge in [0.15, 0.2) is 17.3 Å². The molecule has 0 heterocycles. The molecule has 0 fully saturated rings. The zero-order valence-electron chi connectivity index (χ0n) is 18.3. The number of esters is 1. The van der Waals surface area contributed by atoms with Crippen LogP contribution in [0.5, 0.6) is 5.75 Å². The molecule has 0 radical (unpaired) electrons. The molecule has 1 atom stereocenters. The molecule has 4 nitrogen and oxygen atoms in total. The van der Waals surface area contributed by atoms with E-state index in [1.807, 2.05) is 45.0 Å². The highest BCUT2D eigenvalue weighted by atomic mass is 19.1. The number of carbonyl (C=O) groups excluding carboxylic acids is 2. The summed E-state index contributed by atoms with van der Waals surface area (Å²) in [6.45, 7) is 6.14. The highest BCUT2D eigenvalue weighted by molar-refractivity contribution is 6.00. The lowest BCUT2D eigenvalue weighted by atomic mass is 9.90.